The Kier molecular flexibility index (Phi) is 6.88. The molecule has 0 aliphatic rings. The summed E-state index contributed by atoms with van der Waals surface area (Å²) in [5.41, 5.74) is 9.28. The molecule has 5 N–H and O–H groups in total. The summed E-state index contributed by atoms with van der Waals surface area (Å²) in [7, 11) is 1.37. The van der Waals surface area contributed by atoms with Crippen LogP contribution < -0.4 is 22.3 Å². The zero-order valence-corrected chi connectivity index (χ0v) is 16.6. The first-order valence-corrected chi connectivity index (χ1v) is 8.79. The van der Waals surface area contributed by atoms with Crippen LogP contribution in [0.1, 0.15) is 34.6 Å². The van der Waals surface area contributed by atoms with Gasteiger partial charge >= 0.3 is 6.18 Å². The van der Waals surface area contributed by atoms with Crippen molar-refractivity contribution in [3.63, 3.8) is 0 Å². The van der Waals surface area contributed by atoms with Gasteiger partial charge in [0.15, 0.2) is 5.17 Å². The Hall–Kier alpha value is -3.34. The molecule has 12 heteroatoms. The molecule has 1 amide bonds. The minimum atomic E-state index is -4.59. The van der Waals surface area contributed by atoms with Gasteiger partial charge in [-0.3, -0.25) is 14.6 Å². The number of aliphatic imine (C=N–C) groups is 1. The zero-order valence-electron chi connectivity index (χ0n) is 15.9. The fourth-order valence-electron chi connectivity index (χ4n) is 2.49. The van der Waals surface area contributed by atoms with E-state index in [4.69, 9.17) is 23.1 Å². The molecule has 0 aliphatic heterocycles. The molecule has 0 spiro atoms. The minimum absolute atomic E-state index is 0.0440. The van der Waals surface area contributed by atoms with Gasteiger partial charge in [-0.25, -0.2) is 0 Å². The van der Waals surface area contributed by atoms with Crippen molar-refractivity contribution in [1.82, 2.24) is 15.1 Å². The molecule has 1 aromatic carbocycles. The first-order valence-electron chi connectivity index (χ1n) is 8.41. The number of halogens is 4. The Labute approximate surface area is 174 Å². The molecule has 1 atom stereocenters. The van der Waals surface area contributed by atoms with Crippen molar-refractivity contribution in [2.75, 3.05) is 12.8 Å². The minimum Gasteiger partial charge on any atom is -0.403 e. The van der Waals surface area contributed by atoms with E-state index < -0.39 is 29.2 Å². The number of nitrogen functional groups attached to an aromatic ring is 1. The van der Waals surface area contributed by atoms with Gasteiger partial charge in [0, 0.05) is 25.0 Å². The molecule has 30 heavy (non-hydrogen) atoms. The van der Waals surface area contributed by atoms with Gasteiger partial charge < -0.3 is 16.8 Å². The van der Waals surface area contributed by atoms with Crippen molar-refractivity contribution < 1.29 is 18.0 Å². The SMILES string of the molecule is CN=C(Cl)C(=CN)n1nc(C(=O)N[C@H](C)c2cc(N)cc(C(F)(F)F)c2)ccc1=O. The van der Waals surface area contributed by atoms with E-state index in [1.807, 2.05) is 0 Å². The molecule has 1 heterocycles. The summed E-state index contributed by atoms with van der Waals surface area (Å²) in [6.45, 7) is 1.48. The number of alkyl halides is 3. The molecule has 2 aromatic rings. The number of rotatable bonds is 5. The second kappa shape index (κ2) is 8.99. The molecule has 2 rings (SSSR count). The number of nitrogens with two attached hydrogens (primary N) is 2. The summed E-state index contributed by atoms with van der Waals surface area (Å²) >= 11 is 5.90. The molecule has 0 aliphatic carbocycles. The number of nitrogens with one attached hydrogen (secondary N) is 1. The van der Waals surface area contributed by atoms with Gasteiger partial charge in [-0.2, -0.15) is 23.0 Å². The smallest absolute Gasteiger partial charge is 0.403 e. The summed E-state index contributed by atoms with van der Waals surface area (Å²) in [4.78, 5) is 28.3. The van der Waals surface area contributed by atoms with Crippen molar-refractivity contribution in [1.29, 1.82) is 0 Å². The summed E-state index contributed by atoms with van der Waals surface area (Å²) in [5, 5.41) is 6.31. The van der Waals surface area contributed by atoms with Crippen LogP contribution in [-0.4, -0.2) is 27.9 Å². The van der Waals surface area contributed by atoms with Crippen molar-refractivity contribution in [2.24, 2.45) is 10.7 Å². The van der Waals surface area contributed by atoms with Crippen LogP contribution in [0, 0.1) is 0 Å². The predicted molar refractivity (Wildman–Crippen MR) is 108 cm³/mol. The van der Waals surface area contributed by atoms with E-state index in [9.17, 15) is 22.8 Å². The molecule has 0 saturated heterocycles. The van der Waals surface area contributed by atoms with Gasteiger partial charge in [-0.1, -0.05) is 11.6 Å². The van der Waals surface area contributed by atoms with E-state index in [-0.39, 0.29) is 27.8 Å². The fourth-order valence-corrected chi connectivity index (χ4v) is 2.63. The van der Waals surface area contributed by atoms with E-state index in [1.54, 1.807) is 0 Å². The highest BCUT2D eigenvalue weighted by Gasteiger charge is 2.31. The van der Waals surface area contributed by atoms with Crippen LogP contribution in [0.4, 0.5) is 18.9 Å². The van der Waals surface area contributed by atoms with Crippen LogP contribution in [0.15, 0.2) is 46.3 Å². The van der Waals surface area contributed by atoms with Crippen LogP contribution in [0.2, 0.25) is 0 Å². The normalized spacial score (nSPS) is 13.8. The van der Waals surface area contributed by atoms with Gasteiger partial charge in [0.1, 0.15) is 11.4 Å². The van der Waals surface area contributed by atoms with Crippen molar-refractivity contribution in [2.45, 2.75) is 19.1 Å². The largest absolute Gasteiger partial charge is 0.416 e. The second-order valence-corrected chi connectivity index (χ2v) is 6.47. The molecule has 0 fully saturated rings. The summed E-state index contributed by atoms with van der Waals surface area (Å²) in [6.07, 6.45) is -3.59. The first kappa shape index (κ1) is 22.9. The van der Waals surface area contributed by atoms with Crippen LogP contribution in [0.3, 0.4) is 0 Å². The Morgan fingerprint density at radius 2 is 2.00 bits per heavy atom. The Bertz CT molecular complexity index is 1080. The zero-order chi connectivity index (χ0) is 22.6. The Morgan fingerprint density at radius 1 is 1.33 bits per heavy atom. The number of hydrogen-bond donors (Lipinski definition) is 3. The highest BCUT2D eigenvalue weighted by Crippen LogP contribution is 2.32. The maximum absolute atomic E-state index is 13.0. The average Bonchev–Trinajstić information content (AvgIpc) is 2.68. The van der Waals surface area contributed by atoms with Crippen LogP contribution in [-0.2, 0) is 6.18 Å². The quantitative estimate of drug-likeness (QED) is 0.483. The maximum atomic E-state index is 13.0. The van der Waals surface area contributed by atoms with E-state index in [1.165, 1.54) is 20.0 Å². The number of carbonyl (C=O) groups excluding carboxylic acids is 1. The fraction of sp³-hybridized carbons (Fsp3) is 0.222. The molecule has 1 aromatic heterocycles. The molecule has 0 radical (unpaired) electrons. The lowest BCUT2D eigenvalue weighted by molar-refractivity contribution is -0.137. The topological polar surface area (TPSA) is 128 Å². The lowest BCUT2D eigenvalue weighted by Crippen LogP contribution is -2.32. The third kappa shape index (κ3) is 5.17. The first-order chi connectivity index (χ1) is 14.0. The van der Waals surface area contributed by atoms with Crippen molar-refractivity contribution in [3.8, 4) is 0 Å². The maximum Gasteiger partial charge on any atom is 0.416 e. The van der Waals surface area contributed by atoms with Gasteiger partial charge in [-0.15, -0.1) is 0 Å². The van der Waals surface area contributed by atoms with E-state index in [0.717, 1.165) is 35.1 Å². The number of anilines is 1. The molecule has 8 nitrogen and oxygen atoms in total. The van der Waals surface area contributed by atoms with Gasteiger partial charge in [0.2, 0.25) is 0 Å². The van der Waals surface area contributed by atoms with E-state index >= 15 is 0 Å². The summed E-state index contributed by atoms with van der Waals surface area (Å²) < 4.78 is 39.8. The molecular formula is C18H18ClF3N6O2. The van der Waals surface area contributed by atoms with Crippen molar-refractivity contribution >= 4 is 34.1 Å². The van der Waals surface area contributed by atoms with Gasteiger partial charge in [-0.05, 0) is 36.8 Å². The van der Waals surface area contributed by atoms with Gasteiger partial charge in [0.25, 0.3) is 11.5 Å². The third-order valence-electron chi connectivity index (χ3n) is 3.98. The van der Waals surface area contributed by atoms with Crippen LogP contribution in [0.25, 0.3) is 5.70 Å². The summed E-state index contributed by atoms with van der Waals surface area (Å²) in [6, 6.07) is 4.40. The Morgan fingerprint density at radius 3 is 2.57 bits per heavy atom. The second-order valence-electron chi connectivity index (χ2n) is 6.12. The highest BCUT2D eigenvalue weighted by molar-refractivity contribution is 6.75. The number of allylic oxidation sites excluding steroid dienone is 1. The number of hydrogen-bond acceptors (Lipinski definition) is 6. The molecule has 0 unspecified atom stereocenters. The molecule has 160 valence electrons. The highest BCUT2D eigenvalue weighted by atomic mass is 35.5. The van der Waals surface area contributed by atoms with Gasteiger partial charge in [0.05, 0.1) is 11.6 Å². The van der Waals surface area contributed by atoms with E-state index in [2.05, 4.69) is 15.4 Å². The Balaban J connectivity index is 2.34. The number of aromatic nitrogens is 2. The lowest BCUT2D eigenvalue weighted by Gasteiger charge is -2.17. The number of benzene rings is 1. The monoisotopic (exact) mass is 442 g/mol. The molecule has 0 saturated carbocycles. The van der Waals surface area contributed by atoms with Crippen molar-refractivity contribution in [3.05, 3.63) is 63.7 Å². The average molecular weight is 443 g/mol. The standard InChI is InChI=1S/C18H18ClF3N6O2/c1-9(10-5-11(18(20,21)22)7-12(24)6-10)26-17(30)13-3-4-15(29)28(27-13)14(8-23)16(19)25-2/h3-9H,23-24H2,1-2H3,(H,26,30)/t9-/m1/s1. The third-order valence-corrected chi connectivity index (χ3v) is 4.34. The molecular weight excluding hydrogens is 425 g/mol. The van der Waals surface area contributed by atoms with E-state index in [0.29, 0.717) is 0 Å². The molecule has 0 bridgehead atoms. The number of carbonyl (C=O) groups is 1. The van der Waals surface area contributed by atoms with Crippen LogP contribution >= 0.6 is 11.6 Å². The number of nitrogens with zero attached hydrogens (tertiary/aromatic N) is 3. The predicted octanol–water partition coefficient (Wildman–Crippen LogP) is 2.36. The lowest BCUT2D eigenvalue weighted by atomic mass is 10.0. The van der Waals surface area contributed by atoms with Crippen LogP contribution in [0.5, 0.6) is 0 Å². The summed E-state index contributed by atoms with van der Waals surface area (Å²) in [5.74, 6) is -0.742. The number of amides is 1.